The molecule has 1 rings (SSSR count). The van der Waals surface area contributed by atoms with Gasteiger partial charge in [0.15, 0.2) is 0 Å². The number of nitrogens with zero attached hydrogens (tertiary/aromatic N) is 1. The summed E-state index contributed by atoms with van der Waals surface area (Å²) in [4.78, 5) is 10.8. The molecule has 0 saturated heterocycles. The molecule has 8 heteroatoms. The van der Waals surface area contributed by atoms with Crippen molar-refractivity contribution in [1.82, 2.24) is 4.31 Å². The molecule has 0 bridgehead atoms. The average molecular weight is 324 g/mol. The summed E-state index contributed by atoms with van der Waals surface area (Å²) < 4.78 is 43.8. The van der Waals surface area contributed by atoms with Gasteiger partial charge in [-0.1, -0.05) is 18.5 Å². The minimum absolute atomic E-state index is 0.0828. The van der Waals surface area contributed by atoms with Crippen molar-refractivity contribution >= 4 is 27.6 Å². The number of sulfonamides is 1. The zero-order chi connectivity index (χ0) is 15.3. The van der Waals surface area contributed by atoms with Crippen LogP contribution in [0.2, 0.25) is 5.02 Å². The summed E-state index contributed by atoms with van der Waals surface area (Å²) in [5, 5.41) is 0.0939. The van der Waals surface area contributed by atoms with Gasteiger partial charge < -0.3 is 4.74 Å². The summed E-state index contributed by atoms with van der Waals surface area (Å²) in [6.07, 6.45) is 0.478. The molecule has 1 aromatic carbocycles. The zero-order valence-corrected chi connectivity index (χ0v) is 12.7. The lowest BCUT2D eigenvalue weighted by Crippen LogP contribution is -2.37. The van der Waals surface area contributed by atoms with Crippen LogP contribution in [0, 0.1) is 5.82 Å². The lowest BCUT2D eigenvalue weighted by atomic mass is 10.3. The van der Waals surface area contributed by atoms with Crippen LogP contribution in [0.5, 0.6) is 0 Å². The molecule has 0 spiro atoms. The van der Waals surface area contributed by atoms with Crippen molar-refractivity contribution in [3.8, 4) is 0 Å². The molecule has 0 heterocycles. The maximum Gasteiger partial charge on any atom is 0.321 e. The van der Waals surface area contributed by atoms with Crippen molar-refractivity contribution in [3.05, 3.63) is 29.0 Å². The zero-order valence-electron chi connectivity index (χ0n) is 11.1. The summed E-state index contributed by atoms with van der Waals surface area (Å²) in [6.45, 7) is 1.37. The number of esters is 1. The topological polar surface area (TPSA) is 63.7 Å². The molecule has 0 fully saturated rings. The fourth-order valence-corrected chi connectivity index (χ4v) is 3.25. The maximum absolute atomic E-state index is 13.8. The van der Waals surface area contributed by atoms with Gasteiger partial charge in [0.1, 0.15) is 17.3 Å². The molecular weight excluding hydrogens is 309 g/mol. The van der Waals surface area contributed by atoms with Gasteiger partial charge in [-0.2, -0.15) is 4.31 Å². The van der Waals surface area contributed by atoms with E-state index in [1.165, 1.54) is 6.07 Å². The Hall–Kier alpha value is -1.18. The highest BCUT2D eigenvalue weighted by Gasteiger charge is 2.29. The third-order valence-corrected chi connectivity index (χ3v) is 4.63. The molecule has 0 aromatic heterocycles. The summed E-state index contributed by atoms with van der Waals surface area (Å²) in [6, 6.07) is 3.27. The minimum Gasteiger partial charge on any atom is -0.468 e. The van der Waals surface area contributed by atoms with Gasteiger partial charge in [-0.3, -0.25) is 4.79 Å². The highest BCUT2D eigenvalue weighted by molar-refractivity contribution is 7.89. The van der Waals surface area contributed by atoms with E-state index in [-0.39, 0.29) is 11.6 Å². The second-order valence-corrected chi connectivity index (χ2v) is 6.33. The number of rotatable bonds is 6. The number of benzene rings is 1. The molecule has 5 nitrogen and oxygen atoms in total. The number of carbonyl (C=O) groups is 1. The van der Waals surface area contributed by atoms with Crippen molar-refractivity contribution in [2.75, 3.05) is 20.2 Å². The number of hydrogen-bond donors (Lipinski definition) is 0. The second kappa shape index (κ2) is 7.01. The summed E-state index contributed by atoms with van der Waals surface area (Å²) in [5.41, 5.74) is 0. The van der Waals surface area contributed by atoms with Gasteiger partial charge in [0.25, 0.3) is 0 Å². The molecule has 0 N–H and O–H groups in total. The molecule has 0 saturated carbocycles. The Kier molecular flexibility index (Phi) is 5.91. The largest absolute Gasteiger partial charge is 0.468 e. The highest BCUT2D eigenvalue weighted by Crippen LogP contribution is 2.22. The molecule has 112 valence electrons. The highest BCUT2D eigenvalue weighted by atomic mass is 35.5. The van der Waals surface area contributed by atoms with Crippen molar-refractivity contribution in [1.29, 1.82) is 0 Å². The summed E-state index contributed by atoms with van der Waals surface area (Å²) in [7, 11) is -2.96. The van der Waals surface area contributed by atoms with Gasteiger partial charge in [-0.15, -0.1) is 0 Å². The quantitative estimate of drug-likeness (QED) is 0.752. The van der Waals surface area contributed by atoms with Gasteiger partial charge in [-0.25, -0.2) is 12.8 Å². The first kappa shape index (κ1) is 16.9. The van der Waals surface area contributed by atoms with Crippen LogP contribution in [-0.2, 0) is 19.6 Å². The SMILES string of the molecule is CCCN(CC(=O)OC)S(=O)(=O)c1ccc(Cl)cc1F. The van der Waals surface area contributed by atoms with Crippen LogP contribution in [0.15, 0.2) is 23.1 Å². The number of carbonyl (C=O) groups excluding carboxylic acids is 1. The van der Waals surface area contributed by atoms with E-state index in [0.717, 1.165) is 23.5 Å². The molecule has 0 amide bonds. The predicted octanol–water partition coefficient (Wildman–Crippen LogP) is 2.05. The van der Waals surface area contributed by atoms with Crippen molar-refractivity contribution < 1.29 is 22.3 Å². The smallest absolute Gasteiger partial charge is 0.321 e. The standard InChI is InChI=1S/C12H15ClFNO4S/c1-3-6-15(8-12(16)19-2)20(17,18)11-5-4-9(13)7-10(11)14/h4-5,7H,3,6,8H2,1-2H3. The summed E-state index contributed by atoms with van der Waals surface area (Å²) >= 11 is 5.59. The molecule has 1 aromatic rings. The van der Waals surface area contributed by atoms with E-state index in [1.807, 2.05) is 0 Å². The Morgan fingerprint density at radius 1 is 1.45 bits per heavy atom. The van der Waals surface area contributed by atoms with E-state index in [4.69, 9.17) is 11.6 Å². The Morgan fingerprint density at radius 2 is 2.10 bits per heavy atom. The Morgan fingerprint density at radius 3 is 2.60 bits per heavy atom. The van der Waals surface area contributed by atoms with Crippen LogP contribution in [0.4, 0.5) is 4.39 Å². The van der Waals surface area contributed by atoms with Gasteiger partial charge >= 0.3 is 5.97 Å². The third kappa shape index (κ3) is 3.91. The molecule has 0 aliphatic heterocycles. The molecule has 0 unspecified atom stereocenters. The predicted molar refractivity (Wildman–Crippen MR) is 72.5 cm³/mol. The van der Waals surface area contributed by atoms with Crippen LogP contribution in [-0.4, -0.2) is 38.9 Å². The molecule has 0 atom stereocenters. The number of halogens is 2. The Labute approximate surface area is 122 Å². The van der Waals surface area contributed by atoms with Crippen molar-refractivity contribution in [2.45, 2.75) is 18.2 Å². The molecule has 0 radical (unpaired) electrons. The van der Waals surface area contributed by atoms with Gasteiger partial charge in [0.2, 0.25) is 10.0 Å². The van der Waals surface area contributed by atoms with Gasteiger partial charge in [0, 0.05) is 11.6 Å². The number of ether oxygens (including phenoxy) is 1. The Balaban J connectivity index is 3.18. The normalized spacial score (nSPS) is 11.7. The third-order valence-electron chi connectivity index (χ3n) is 2.52. The van der Waals surface area contributed by atoms with E-state index in [2.05, 4.69) is 4.74 Å². The van der Waals surface area contributed by atoms with Gasteiger partial charge in [0.05, 0.1) is 7.11 Å². The van der Waals surface area contributed by atoms with Gasteiger partial charge in [-0.05, 0) is 24.6 Å². The molecular formula is C12H15ClFNO4S. The first-order chi connectivity index (χ1) is 9.32. The van der Waals surface area contributed by atoms with E-state index >= 15 is 0 Å². The average Bonchev–Trinajstić information content (AvgIpc) is 2.37. The number of hydrogen-bond acceptors (Lipinski definition) is 4. The summed E-state index contributed by atoms with van der Waals surface area (Å²) in [5.74, 6) is -1.67. The monoisotopic (exact) mass is 323 g/mol. The maximum atomic E-state index is 13.8. The minimum atomic E-state index is -4.12. The molecule has 0 aliphatic carbocycles. The van der Waals surface area contributed by atoms with E-state index < -0.39 is 33.3 Å². The van der Waals surface area contributed by atoms with Crippen LogP contribution < -0.4 is 0 Å². The first-order valence-corrected chi connectivity index (χ1v) is 7.66. The van der Waals surface area contributed by atoms with Crippen LogP contribution in [0.1, 0.15) is 13.3 Å². The lowest BCUT2D eigenvalue weighted by Gasteiger charge is -2.20. The van der Waals surface area contributed by atoms with Crippen LogP contribution in [0.25, 0.3) is 0 Å². The van der Waals surface area contributed by atoms with E-state index in [9.17, 15) is 17.6 Å². The number of methoxy groups -OCH3 is 1. The van der Waals surface area contributed by atoms with Crippen molar-refractivity contribution in [3.63, 3.8) is 0 Å². The fourth-order valence-electron chi connectivity index (χ4n) is 1.57. The van der Waals surface area contributed by atoms with Crippen molar-refractivity contribution in [2.24, 2.45) is 0 Å². The Bertz CT molecular complexity index is 591. The molecule has 20 heavy (non-hydrogen) atoms. The van der Waals surface area contributed by atoms with Crippen LogP contribution in [0.3, 0.4) is 0 Å². The van der Waals surface area contributed by atoms with E-state index in [1.54, 1.807) is 6.92 Å². The second-order valence-electron chi connectivity index (χ2n) is 3.99. The first-order valence-electron chi connectivity index (χ1n) is 5.85. The van der Waals surface area contributed by atoms with Crippen LogP contribution >= 0.6 is 11.6 Å². The lowest BCUT2D eigenvalue weighted by molar-refractivity contribution is -0.140. The molecule has 0 aliphatic rings. The fraction of sp³-hybridized carbons (Fsp3) is 0.417. The van der Waals surface area contributed by atoms with E-state index in [0.29, 0.717) is 6.42 Å².